The first-order valence-electron chi connectivity index (χ1n) is 6.94. The Morgan fingerprint density at radius 2 is 2.19 bits per heavy atom. The van der Waals surface area contributed by atoms with Gasteiger partial charge in [-0.05, 0) is 38.3 Å². The Morgan fingerprint density at radius 1 is 1.43 bits per heavy atom. The monoisotopic (exact) mass is 295 g/mol. The molecule has 1 aliphatic rings. The fraction of sp³-hybridized carbons (Fsp3) is 0.467. The molecule has 21 heavy (non-hydrogen) atoms. The van der Waals surface area contributed by atoms with Crippen LogP contribution in [0.5, 0.6) is 5.75 Å². The number of carboxylic acids is 1. The summed E-state index contributed by atoms with van der Waals surface area (Å²) in [5, 5.41) is 9.01. The molecule has 1 saturated heterocycles. The smallest absolute Gasteiger partial charge is 0.339 e. The number of hydrogen-bond acceptors (Lipinski definition) is 3. The van der Waals surface area contributed by atoms with E-state index >= 15 is 0 Å². The van der Waals surface area contributed by atoms with Crippen LogP contribution < -0.4 is 4.74 Å². The first-order valence-corrected chi connectivity index (χ1v) is 6.94. The van der Waals surface area contributed by atoms with E-state index in [1.165, 1.54) is 0 Å². The largest absolute Gasteiger partial charge is 0.483 e. The van der Waals surface area contributed by atoms with Gasteiger partial charge in [-0.2, -0.15) is 0 Å². The minimum atomic E-state index is -1.22. The third-order valence-electron chi connectivity index (χ3n) is 3.65. The Balaban J connectivity index is 2.04. The summed E-state index contributed by atoms with van der Waals surface area (Å²) in [6, 6.07) is 3.31. The van der Waals surface area contributed by atoms with Crippen LogP contribution in [-0.4, -0.2) is 41.1 Å². The van der Waals surface area contributed by atoms with E-state index in [2.05, 4.69) is 0 Å². The van der Waals surface area contributed by atoms with Gasteiger partial charge in [-0.25, -0.2) is 9.18 Å². The summed E-state index contributed by atoms with van der Waals surface area (Å²) < 4.78 is 18.4. The second-order valence-electron chi connectivity index (χ2n) is 5.17. The minimum Gasteiger partial charge on any atom is -0.483 e. The van der Waals surface area contributed by atoms with Crippen molar-refractivity contribution in [3.63, 3.8) is 0 Å². The van der Waals surface area contributed by atoms with Crippen molar-refractivity contribution in [2.45, 2.75) is 32.2 Å². The average molecular weight is 295 g/mol. The normalized spacial score (nSPS) is 18.4. The third-order valence-corrected chi connectivity index (χ3v) is 3.65. The van der Waals surface area contributed by atoms with Crippen molar-refractivity contribution in [1.82, 2.24) is 4.90 Å². The summed E-state index contributed by atoms with van der Waals surface area (Å²) in [5.74, 6) is -2.15. The number of likely N-dealkylation sites (tertiary alicyclic amines) is 1. The molecule has 1 N–H and O–H groups in total. The van der Waals surface area contributed by atoms with Crippen molar-refractivity contribution in [2.24, 2.45) is 0 Å². The number of rotatable bonds is 4. The third kappa shape index (κ3) is 3.71. The molecule has 2 rings (SSSR count). The molecule has 6 heteroatoms. The molecule has 0 saturated carbocycles. The van der Waals surface area contributed by atoms with Crippen molar-refractivity contribution in [3.8, 4) is 5.75 Å². The Bertz CT molecular complexity index is 546. The number of halogens is 1. The number of carboxylic acid groups (broad SMARTS) is 1. The van der Waals surface area contributed by atoms with Crippen molar-refractivity contribution in [1.29, 1.82) is 0 Å². The van der Waals surface area contributed by atoms with Gasteiger partial charge in [-0.1, -0.05) is 0 Å². The van der Waals surface area contributed by atoms with Crippen molar-refractivity contribution in [3.05, 3.63) is 29.6 Å². The van der Waals surface area contributed by atoms with Gasteiger partial charge in [-0.3, -0.25) is 4.79 Å². The molecule has 0 spiro atoms. The van der Waals surface area contributed by atoms with Crippen LogP contribution in [0.25, 0.3) is 0 Å². The van der Waals surface area contributed by atoms with Gasteiger partial charge in [0.05, 0.1) is 0 Å². The van der Waals surface area contributed by atoms with Crippen LogP contribution in [0.4, 0.5) is 4.39 Å². The van der Waals surface area contributed by atoms with Crippen LogP contribution in [0.3, 0.4) is 0 Å². The van der Waals surface area contributed by atoms with Gasteiger partial charge in [-0.15, -0.1) is 0 Å². The van der Waals surface area contributed by atoms with E-state index in [1.807, 2.05) is 6.92 Å². The quantitative estimate of drug-likeness (QED) is 0.925. The average Bonchev–Trinajstić information content (AvgIpc) is 2.45. The number of carbonyl (C=O) groups is 2. The Kier molecular flexibility index (Phi) is 4.77. The first-order chi connectivity index (χ1) is 9.99. The number of benzene rings is 1. The Labute approximate surface area is 122 Å². The Morgan fingerprint density at radius 3 is 2.86 bits per heavy atom. The van der Waals surface area contributed by atoms with Crippen LogP contribution in [0.15, 0.2) is 18.2 Å². The predicted molar refractivity (Wildman–Crippen MR) is 73.9 cm³/mol. The predicted octanol–water partition coefficient (Wildman–Crippen LogP) is 2.30. The van der Waals surface area contributed by atoms with E-state index in [1.54, 1.807) is 4.90 Å². The highest BCUT2D eigenvalue weighted by atomic mass is 19.1. The van der Waals surface area contributed by atoms with E-state index in [0.717, 1.165) is 37.5 Å². The van der Waals surface area contributed by atoms with Gasteiger partial charge < -0.3 is 14.7 Å². The van der Waals surface area contributed by atoms with Gasteiger partial charge in [0.2, 0.25) is 0 Å². The number of hydrogen-bond donors (Lipinski definition) is 1. The lowest BCUT2D eigenvalue weighted by molar-refractivity contribution is -0.136. The lowest BCUT2D eigenvalue weighted by Crippen LogP contribution is -2.44. The Hall–Kier alpha value is -2.11. The van der Waals surface area contributed by atoms with E-state index in [9.17, 15) is 14.0 Å². The lowest BCUT2D eigenvalue weighted by Gasteiger charge is -2.33. The molecule has 114 valence electrons. The SMILES string of the molecule is CC1CCCCN1C(=O)COc1cc(F)ccc1C(=O)O. The van der Waals surface area contributed by atoms with E-state index in [-0.39, 0.29) is 29.9 Å². The molecule has 1 fully saturated rings. The maximum atomic E-state index is 13.2. The van der Waals surface area contributed by atoms with Crippen molar-refractivity contribution in [2.75, 3.05) is 13.2 Å². The van der Waals surface area contributed by atoms with Gasteiger partial charge in [0, 0.05) is 18.7 Å². The van der Waals surface area contributed by atoms with E-state index < -0.39 is 11.8 Å². The fourth-order valence-electron chi connectivity index (χ4n) is 2.48. The van der Waals surface area contributed by atoms with Crippen LogP contribution >= 0.6 is 0 Å². The van der Waals surface area contributed by atoms with Crippen LogP contribution in [0, 0.1) is 5.82 Å². The maximum Gasteiger partial charge on any atom is 0.339 e. The molecule has 1 aliphatic heterocycles. The number of piperidine rings is 1. The lowest BCUT2D eigenvalue weighted by atomic mass is 10.0. The molecular weight excluding hydrogens is 277 g/mol. The van der Waals surface area contributed by atoms with Crippen molar-refractivity contribution >= 4 is 11.9 Å². The van der Waals surface area contributed by atoms with Gasteiger partial charge in [0.25, 0.3) is 5.91 Å². The number of ether oxygens (including phenoxy) is 1. The standard InChI is InChI=1S/C15H18FNO4/c1-10-4-2-3-7-17(10)14(18)9-21-13-8-11(16)5-6-12(13)15(19)20/h5-6,8,10H,2-4,7,9H2,1H3,(H,19,20). The van der Waals surface area contributed by atoms with Gasteiger partial charge >= 0.3 is 5.97 Å². The molecule has 1 atom stereocenters. The number of aromatic carboxylic acids is 1. The van der Waals surface area contributed by atoms with Crippen LogP contribution in [0.1, 0.15) is 36.5 Å². The van der Waals surface area contributed by atoms with Crippen LogP contribution in [0.2, 0.25) is 0 Å². The highest BCUT2D eigenvalue weighted by molar-refractivity contribution is 5.91. The fourth-order valence-corrected chi connectivity index (χ4v) is 2.48. The molecule has 0 radical (unpaired) electrons. The number of nitrogens with zero attached hydrogens (tertiary/aromatic N) is 1. The van der Waals surface area contributed by atoms with Gasteiger partial charge in [0.15, 0.2) is 6.61 Å². The van der Waals surface area contributed by atoms with Crippen molar-refractivity contribution < 1.29 is 23.8 Å². The molecular formula is C15H18FNO4. The molecule has 1 amide bonds. The highest BCUT2D eigenvalue weighted by Gasteiger charge is 2.24. The second-order valence-corrected chi connectivity index (χ2v) is 5.17. The first kappa shape index (κ1) is 15.3. The molecule has 1 aromatic rings. The summed E-state index contributed by atoms with van der Waals surface area (Å²) in [6.45, 7) is 2.37. The zero-order valence-corrected chi connectivity index (χ0v) is 11.8. The summed E-state index contributed by atoms with van der Waals surface area (Å²) >= 11 is 0. The van der Waals surface area contributed by atoms with E-state index in [0.29, 0.717) is 6.54 Å². The van der Waals surface area contributed by atoms with E-state index in [4.69, 9.17) is 9.84 Å². The molecule has 1 aromatic carbocycles. The number of carbonyl (C=O) groups excluding carboxylic acids is 1. The summed E-state index contributed by atoms with van der Waals surface area (Å²) in [4.78, 5) is 24.9. The molecule has 0 aliphatic carbocycles. The molecule has 0 aromatic heterocycles. The van der Waals surface area contributed by atoms with Gasteiger partial charge in [0.1, 0.15) is 17.1 Å². The highest BCUT2D eigenvalue weighted by Crippen LogP contribution is 2.21. The summed E-state index contributed by atoms with van der Waals surface area (Å²) in [5.41, 5.74) is -0.157. The summed E-state index contributed by atoms with van der Waals surface area (Å²) in [6.07, 6.45) is 3.00. The summed E-state index contributed by atoms with van der Waals surface area (Å²) in [7, 11) is 0. The zero-order chi connectivity index (χ0) is 15.4. The molecule has 1 heterocycles. The molecule has 1 unspecified atom stereocenters. The van der Waals surface area contributed by atoms with Crippen LogP contribution in [-0.2, 0) is 4.79 Å². The molecule has 0 bridgehead atoms. The zero-order valence-electron chi connectivity index (χ0n) is 11.8. The number of amides is 1. The molecule has 5 nitrogen and oxygen atoms in total. The second kappa shape index (κ2) is 6.56. The topological polar surface area (TPSA) is 66.8 Å². The minimum absolute atomic E-state index is 0.125. The maximum absolute atomic E-state index is 13.2.